The van der Waals surface area contributed by atoms with Crippen LogP contribution in [0.2, 0.25) is 0 Å². The second-order valence-corrected chi connectivity index (χ2v) is 5.68. The van der Waals surface area contributed by atoms with Gasteiger partial charge < -0.3 is 11.2 Å². The van der Waals surface area contributed by atoms with Crippen molar-refractivity contribution in [2.45, 2.75) is 25.5 Å². The number of aryl methyl sites for hydroxylation is 2. The molecule has 3 N–H and O–H groups in total. The van der Waals surface area contributed by atoms with E-state index >= 15 is 0 Å². The number of carbonyl (C=O) groups excluding carboxylic acids is 1. The molecule has 7 nitrogen and oxygen atoms in total. The Morgan fingerprint density at radius 3 is 2.77 bits per heavy atom. The Morgan fingerprint density at radius 2 is 2.05 bits per heavy atom. The van der Waals surface area contributed by atoms with Crippen molar-refractivity contribution in [3.05, 3.63) is 51.4 Å². The van der Waals surface area contributed by atoms with Gasteiger partial charge >= 0.3 is 0 Å². The lowest BCUT2D eigenvalue weighted by Gasteiger charge is -2.08. The minimum Gasteiger partial charge on any atom is -0.351 e. The van der Waals surface area contributed by atoms with Crippen LogP contribution in [0.15, 0.2) is 34.2 Å². The molecule has 0 saturated heterocycles. The van der Waals surface area contributed by atoms with Gasteiger partial charge in [0.05, 0.1) is 5.75 Å². The fourth-order valence-corrected chi connectivity index (χ4v) is 2.43. The van der Waals surface area contributed by atoms with E-state index in [4.69, 9.17) is 5.84 Å². The summed E-state index contributed by atoms with van der Waals surface area (Å²) >= 11 is 1.07. The molecule has 1 heterocycles. The van der Waals surface area contributed by atoms with Crippen LogP contribution in [0, 0.1) is 13.8 Å². The number of nitrogens with zero attached hydrogens (tertiary/aromatic N) is 3. The van der Waals surface area contributed by atoms with Crippen molar-refractivity contribution in [3.8, 4) is 0 Å². The predicted molar refractivity (Wildman–Crippen MR) is 84.9 cm³/mol. The zero-order chi connectivity index (χ0) is 16.1. The van der Waals surface area contributed by atoms with Crippen molar-refractivity contribution in [1.29, 1.82) is 0 Å². The van der Waals surface area contributed by atoms with E-state index in [1.807, 2.05) is 31.2 Å². The average molecular weight is 319 g/mol. The Labute approximate surface area is 131 Å². The van der Waals surface area contributed by atoms with E-state index in [0.717, 1.165) is 27.6 Å². The minimum absolute atomic E-state index is 0.111. The topological polar surface area (TPSA) is 103 Å². The number of nitrogens with two attached hydrogens (primary N) is 1. The van der Waals surface area contributed by atoms with E-state index < -0.39 is 5.56 Å². The molecule has 0 aliphatic rings. The number of aromatic nitrogens is 3. The number of amides is 1. The van der Waals surface area contributed by atoms with Gasteiger partial charge in [-0.3, -0.25) is 9.59 Å². The minimum atomic E-state index is -0.419. The first-order valence-corrected chi connectivity index (χ1v) is 7.63. The van der Waals surface area contributed by atoms with Crippen LogP contribution in [0.25, 0.3) is 0 Å². The largest absolute Gasteiger partial charge is 0.351 e. The predicted octanol–water partition coefficient (Wildman–Crippen LogP) is 0.377. The number of nitrogen functional groups attached to an aromatic ring is 1. The molecule has 0 radical (unpaired) electrons. The third-order valence-electron chi connectivity index (χ3n) is 3.09. The van der Waals surface area contributed by atoms with Gasteiger partial charge in [-0.05, 0) is 25.0 Å². The molecule has 0 aliphatic carbocycles. The third kappa shape index (κ3) is 3.85. The van der Waals surface area contributed by atoms with Crippen LogP contribution in [0.4, 0.5) is 0 Å². The lowest BCUT2D eigenvalue weighted by Crippen LogP contribution is -2.33. The van der Waals surface area contributed by atoms with Crippen LogP contribution in [0.1, 0.15) is 16.8 Å². The summed E-state index contributed by atoms with van der Waals surface area (Å²) in [6.07, 6.45) is 0. The molecule has 0 bridgehead atoms. The number of rotatable bonds is 5. The molecule has 2 aromatic rings. The molecule has 0 spiro atoms. The van der Waals surface area contributed by atoms with E-state index in [0.29, 0.717) is 6.54 Å². The van der Waals surface area contributed by atoms with E-state index in [1.54, 1.807) is 0 Å². The van der Waals surface area contributed by atoms with Gasteiger partial charge in [0.25, 0.3) is 5.56 Å². The highest BCUT2D eigenvalue weighted by Gasteiger charge is 2.10. The highest BCUT2D eigenvalue weighted by molar-refractivity contribution is 7.99. The van der Waals surface area contributed by atoms with Crippen molar-refractivity contribution in [2.24, 2.45) is 0 Å². The number of hydrogen-bond donors (Lipinski definition) is 2. The standard InChI is InChI=1S/C14H17N5O2S/c1-9-5-3-4-6-11(9)7-16-12(20)8-22-14-18-17-10(2)13(21)19(14)15/h3-6H,7-8,15H2,1-2H3,(H,16,20). The highest BCUT2D eigenvalue weighted by Crippen LogP contribution is 2.11. The van der Waals surface area contributed by atoms with E-state index in [2.05, 4.69) is 15.5 Å². The second-order valence-electron chi connectivity index (χ2n) is 4.74. The van der Waals surface area contributed by atoms with Crippen LogP contribution >= 0.6 is 11.8 Å². The average Bonchev–Trinajstić information content (AvgIpc) is 2.51. The summed E-state index contributed by atoms with van der Waals surface area (Å²) in [6.45, 7) is 3.98. The van der Waals surface area contributed by atoms with Crippen LogP contribution in [-0.4, -0.2) is 26.5 Å². The lowest BCUT2D eigenvalue weighted by atomic mass is 10.1. The molecule has 0 atom stereocenters. The Hall–Kier alpha value is -2.35. The molecule has 0 unspecified atom stereocenters. The summed E-state index contributed by atoms with van der Waals surface area (Å²) in [5, 5.41) is 10.5. The maximum atomic E-state index is 11.9. The quantitative estimate of drug-likeness (QED) is 0.610. The molecule has 2 rings (SSSR count). The summed E-state index contributed by atoms with van der Waals surface area (Å²) < 4.78 is 0.904. The molecule has 0 aliphatic heterocycles. The number of thioether (sulfide) groups is 1. The summed E-state index contributed by atoms with van der Waals surface area (Å²) in [7, 11) is 0. The molecule has 116 valence electrons. The molecule has 1 aromatic heterocycles. The fourth-order valence-electron chi connectivity index (χ4n) is 1.75. The summed E-state index contributed by atoms with van der Waals surface area (Å²) in [6, 6.07) is 7.84. The zero-order valence-corrected chi connectivity index (χ0v) is 13.2. The van der Waals surface area contributed by atoms with Crippen molar-refractivity contribution >= 4 is 17.7 Å². The van der Waals surface area contributed by atoms with Gasteiger partial charge in [-0.2, -0.15) is 4.68 Å². The first-order chi connectivity index (χ1) is 10.5. The summed E-state index contributed by atoms with van der Waals surface area (Å²) in [5.41, 5.74) is 1.98. The van der Waals surface area contributed by atoms with E-state index in [-0.39, 0.29) is 22.5 Å². The smallest absolute Gasteiger partial charge is 0.294 e. The van der Waals surface area contributed by atoms with Crippen molar-refractivity contribution in [2.75, 3.05) is 11.6 Å². The highest BCUT2D eigenvalue weighted by atomic mass is 32.2. The SMILES string of the molecule is Cc1ccccc1CNC(=O)CSc1nnc(C)c(=O)n1N. The van der Waals surface area contributed by atoms with Gasteiger partial charge in [0.15, 0.2) is 0 Å². The number of nitrogens with one attached hydrogen (secondary N) is 1. The number of benzene rings is 1. The molecule has 1 amide bonds. The van der Waals surface area contributed by atoms with Gasteiger partial charge in [0.2, 0.25) is 11.1 Å². The van der Waals surface area contributed by atoms with Crippen LogP contribution in [-0.2, 0) is 11.3 Å². The van der Waals surface area contributed by atoms with Gasteiger partial charge in [-0.1, -0.05) is 36.0 Å². The number of hydrogen-bond acceptors (Lipinski definition) is 6. The molecular formula is C14H17N5O2S. The summed E-state index contributed by atoms with van der Waals surface area (Å²) in [4.78, 5) is 23.5. The second kappa shape index (κ2) is 7.08. The lowest BCUT2D eigenvalue weighted by molar-refractivity contribution is -0.118. The number of carbonyl (C=O) groups is 1. The molecule has 0 saturated carbocycles. The Kier molecular flexibility index (Phi) is 5.16. The van der Waals surface area contributed by atoms with Crippen LogP contribution in [0.5, 0.6) is 0 Å². The zero-order valence-electron chi connectivity index (χ0n) is 12.4. The van der Waals surface area contributed by atoms with Gasteiger partial charge in [-0.15, -0.1) is 10.2 Å². The molecule has 0 fully saturated rings. The van der Waals surface area contributed by atoms with E-state index in [9.17, 15) is 9.59 Å². The van der Waals surface area contributed by atoms with Gasteiger partial charge in [0.1, 0.15) is 5.69 Å². The maximum Gasteiger partial charge on any atom is 0.294 e. The van der Waals surface area contributed by atoms with Crippen molar-refractivity contribution < 1.29 is 4.79 Å². The van der Waals surface area contributed by atoms with Gasteiger partial charge in [-0.25, -0.2) is 0 Å². The first-order valence-electron chi connectivity index (χ1n) is 6.64. The Bertz CT molecular complexity index is 744. The fraction of sp³-hybridized carbons (Fsp3) is 0.286. The van der Waals surface area contributed by atoms with Crippen molar-refractivity contribution in [1.82, 2.24) is 20.2 Å². The monoisotopic (exact) mass is 319 g/mol. The maximum absolute atomic E-state index is 11.9. The summed E-state index contributed by atoms with van der Waals surface area (Å²) in [5.74, 6) is 5.55. The van der Waals surface area contributed by atoms with Crippen LogP contribution < -0.4 is 16.7 Å². The Balaban J connectivity index is 1.90. The van der Waals surface area contributed by atoms with Gasteiger partial charge in [0, 0.05) is 6.54 Å². The Morgan fingerprint density at radius 1 is 1.32 bits per heavy atom. The molecule has 22 heavy (non-hydrogen) atoms. The molecule has 1 aromatic carbocycles. The van der Waals surface area contributed by atoms with Crippen LogP contribution in [0.3, 0.4) is 0 Å². The third-order valence-corrected chi connectivity index (χ3v) is 4.03. The van der Waals surface area contributed by atoms with Crippen molar-refractivity contribution in [3.63, 3.8) is 0 Å². The van der Waals surface area contributed by atoms with E-state index in [1.165, 1.54) is 6.92 Å². The normalized spacial score (nSPS) is 10.5. The molecular weight excluding hydrogens is 302 g/mol. The molecule has 8 heteroatoms. The first kappa shape index (κ1) is 16.0.